The predicted octanol–water partition coefficient (Wildman–Crippen LogP) is 1.08. The first kappa shape index (κ1) is 12.9. The highest BCUT2D eigenvalue weighted by Gasteiger charge is 2.17. The lowest BCUT2D eigenvalue weighted by Crippen LogP contribution is -2.41. The Morgan fingerprint density at radius 1 is 1.53 bits per heavy atom. The fourth-order valence-electron chi connectivity index (χ4n) is 2.39. The highest BCUT2D eigenvalue weighted by molar-refractivity contribution is 4.73. The molecule has 1 heterocycles. The average Bonchev–Trinajstić information content (AvgIpc) is 2.18. The van der Waals surface area contributed by atoms with E-state index in [0.29, 0.717) is 0 Å². The maximum atomic E-state index is 9.42. The van der Waals surface area contributed by atoms with Crippen molar-refractivity contribution in [2.75, 3.05) is 32.7 Å². The van der Waals surface area contributed by atoms with E-state index in [1.807, 2.05) is 6.92 Å². The molecule has 1 unspecified atom stereocenters. The SMILES string of the molecule is CCCN(CC1CCCNC1)C[C@H](C)O. The quantitative estimate of drug-likeness (QED) is 0.694. The van der Waals surface area contributed by atoms with Crippen LogP contribution in [0.3, 0.4) is 0 Å². The van der Waals surface area contributed by atoms with Crippen LogP contribution in [0.2, 0.25) is 0 Å². The Labute approximate surface area is 93.9 Å². The van der Waals surface area contributed by atoms with Crippen LogP contribution in [0.1, 0.15) is 33.1 Å². The summed E-state index contributed by atoms with van der Waals surface area (Å²) in [5, 5.41) is 12.9. The van der Waals surface area contributed by atoms with Crippen LogP contribution in [0.5, 0.6) is 0 Å². The zero-order chi connectivity index (χ0) is 11.1. The van der Waals surface area contributed by atoms with Crippen molar-refractivity contribution in [3.05, 3.63) is 0 Å². The van der Waals surface area contributed by atoms with E-state index in [4.69, 9.17) is 0 Å². The number of aliphatic hydroxyl groups excluding tert-OH is 1. The highest BCUT2D eigenvalue weighted by atomic mass is 16.3. The molecule has 1 rings (SSSR count). The van der Waals surface area contributed by atoms with Crippen LogP contribution >= 0.6 is 0 Å². The molecule has 1 saturated heterocycles. The molecule has 15 heavy (non-hydrogen) atoms. The summed E-state index contributed by atoms with van der Waals surface area (Å²) in [6.45, 7) is 9.49. The normalized spacial score (nSPS) is 24.4. The van der Waals surface area contributed by atoms with Crippen LogP contribution in [-0.2, 0) is 0 Å². The van der Waals surface area contributed by atoms with Gasteiger partial charge in [0.25, 0.3) is 0 Å². The lowest BCUT2D eigenvalue weighted by Gasteiger charge is -2.30. The Hall–Kier alpha value is -0.120. The fourth-order valence-corrected chi connectivity index (χ4v) is 2.39. The molecule has 0 bridgehead atoms. The second-order valence-corrected chi connectivity index (χ2v) is 4.82. The van der Waals surface area contributed by atoms with Gasteiger partial charge in [0.15, 0.2) is 0 Å². The van der Waals surface area contributed by atoms with Crippen molar-refractivity contribution in [3.8, 4) is 0 Å². The molecule has 0 aromatic carbocycles. The monoisotopic (exact) mass is 214 g/mol. The molecule has 1 aliphatic rings. The van der Waals surface area contributed by atoms with Gasteiger partial charge < -0.3 is 15.3 Å². The first-order chi connectivity index (χ1) is 7.22. The second-order valence-electron chi connectivity index (χ2n) is 4.82. The van der Waals surface area contributed by atoms with E-state index in [2.05, 4.69) is 17.1 Å². The number of piperidine rings is 1. The van der Waals surface area contributed by atoms with Gasteiger partial charge in [0, 0.05) is 13.1 Å². The Bertz CT molecular complexity index is 156. The Morgan fingerprint density at radius 3 is 2.87 bits per heavy atom. The number of nitrogens with one attached hydrogen (secondary N) is 1. The molecule has 1 fully saturated rings. The molecule has 0 spiro atoms. The third-order valence-corrected chi connectivity index (χ3v) is 2.98. The molecule has 0 aromatic heterocycles. The smallest absolute Gasteiger partial charge is 0.0639 e. The third-order valence-electron chi connectivity index (χ3n) is 2.98. The van der Waals surface area contributed by atoms with Crippen LogP contribution in [0.4, 0.5) is 0 Å². The second kappa shape index (κ2) is 7.20. The van der Waals surface area contributed by atoms with Crippen LogP contribution in [0.15, 0.2) is 0 Å². The van der Waals surface area contributed by atoms with Gasteiger partial charge in [-0.2, -0.15) is 0 Å². The first-order valence-electron chi connectivity index (χ1n) is 6.33. The lowest BCUT2D eigenvalue weighted by molar-refractivity contribution is 0.111. The van der Waals surface area contributed by atoms with Gasteiger partial charge in [-0.15, -0.1) is 0 Å². The van der Waals surface area contributed by atoms with Crippen LogP contribution in [-0.4, -0.2) is 48.8 Å². The van der Waals surface area contributed by atoms with Gasteiger partial charge in [0.1, 0.15) is 0 Å². The van der Waals surface area contributed by atoms with Crippen LogP contribution < -0.4 is 5.32 Å². The van der Waals surface area contributed by atoms with Crippen molar-refractivity contribution < 1.29 is 5.11 Å². The van der Waals surface area contributed by atoms with E-state index in [1.54, 1.807) is 0 Å². The van der Waals surface area contributed by atoms with Crippen LogP contribution in [0, 0.1) is 5.92 Å². The van der Waals surface area contributed by atoms with Gasteiger partial charge in [-0.3, -0.25) is 0 Å². The standard InChI is InChI=1S/C12H26N2O/c1-3-7-14(9-11(2)15)10-12-5-4-6-13-8-12/h11-13,15H,3-10H2,1-2H3/t11-,12?/m0/s1. The minimum atomic E-state index is -0.201. The van der Waals surface area contributed by atoms with E-state index in [0.717, 1.165) is 32.1 Å². The zero-order valence-corrected chi connectivity index (χ0v) is 10.2. The molecule has 0 aliphatic carbocycles. The average molecular weight is 214 g/mol. The molecule has 1 aliphatic heterocycles. The van der Waals surface area contributed by atoms with Gasteiger partial charge >= 0.3 is 0 Å². The topological polar surface area (TPSA) is 35.5 Å². The maximum Gasteiger partial charge on any atom is 0.0639 e. The van der Waals surface area contributed by atoms with Gasteiger partial charge in [0.05, 0.1) is 6.10 Å². The molecule has 2 atom stereocenters. The Morgan fingerprint density at radius 2 is 2.33 bits per heavy atom. The number of rotatable bonds is 6. The minimum Gasteiger partial charge on any atom is -0.392 e. The number of hydrogen-bond acceptors (Lipinski definition) is 3. The summed E-state index contributed by atoms with van der Waals surface area (Å²) in [6, 6.07) is 0. The van der Waals surface area contributed by atoms with E-state index in [1.165, 1.54) is 25.8 Å². The molecular formula is C12H26N2O. The van der Waals surface area contributed by atoms with Crippen molar-refractivity contribution in [1.82, 2.24) is 10.2 Å². The molecule has 3 heteroatoms. The number of aliphatic hydroxyl groups is 1. The van der Waals surface area contributed by atoms with Gasteiger partial charge in [0.2, 0.25) is 0 Å². The fraction of sp³-hybridized carbons (Fsp3) is 1.00. The van der Waals surface area contributed by atoms with E-state index in [9.17, 15) is 5.11 Å². The summed E-state index contributed by atoms with van der Waals surface area (Å²) in [5.74, 6) is 0.782. The molecule has 0 radical (unpaired) electrons. The molecular weight excluding hydrogens is 188 g/mol. The van der Waals surface area contributed by atoms with Crippen molar-refractivity contribution in [3.63, 3.8) is 0 Å². The number of nitrogens with zero attached hydrogens (tertiary/aromatic N) is 1. The Kier molecular flexibility index (Phi) is 6.22. The highest BCUT2D eigenvalue weighted by Crippen LogP contribution is 2.12. The van der Waals surface area contributed by atoms with Crippen molar-refractivity contribution in [1.29, 1.82) is 0 Å². The zero-order valence-electron chi connectivity index (χ0n) is 10.2. The largest absolute Gasteiger partial charge is 0.392 e. The third kappa shape index (κ3) is 5.50. The number of hydrogen-bond donors (Lipinski definition) is 2. The van der Waals surface area contributed by atoms with Gasteiger partial charge in [-0.05, 0) is 51.7 Å². The molecule has 0 saturated carbocycles. The van der Waals surface area contributed by atoms with Gasteiger partial charge in [-0.25, -0.2) is 0 Å². The van der Waals surface area contributed by atoms with Crippen molar-refractivity contribution in [2.45, 2.75) is 39.2 Å². The summed E-state index contributed by atoms with van der Waals surface area (Å²) < 4.78 is 0. The predicted molar refractivity (Wildman–Crippen MR) is 64.0 cm³/mol. The van der Waals surface area contributed by atoms with Gasteiger partial charge in [-0.1, -0.05) is 6.92 Å². The first-order valence-corrected chi connectivity index (χ1v) is 6.33. The Balaban J connectivity index is 2.28. The van der Waals surface area contributed by atoms with E-state index >= 15 is 0 Å². The van der Waals surface area contributed by atoms with E-state index < -0.39 is 0 Å². The van der Waals surface area contributed by atoms with E-state index in [-0.39, 0.29) is 6.10 Å². The van der Waals surface area contributed by atoms with Crippen molar-refractivity contribution in [2.24, 2.45) is 5.92 Å². The summed E-state index contributed by atoms with van der Waals surface area (Å²) in [5.41, 5.74) is 0. The maximum absolute atomic E-state index is 9.42. The molecule has 0 aromatic rings. The molecule has 2 N–H and O–H groups in total. The lowest BCUT2D eigenvalue weighted by atomic mass is 9.99. The molecule has 90 valence electrons. The molecule has 0 amide bonds. The molecule has 3 nitrogen and oxygen atoms in total. The summed E-state index contributed by atoms with van der Waals surface area (Å²) >= 11 is 0. The summed E-state index contributed by atoms with van der Waals surface area (Å²) in [7, 11) is 0. The summed E-state index contributed by atoms with van der Waals surface area (Å²) in [4.78, 5) is 2.41. The minimum absolute atomic E-state index is 0.201. The van der Waals surface area contributed by atoms with Crippen molar-refractivity contribution >= 4 is 0 Å². The van der Waals surface area contributed by atoms with Crippen LogP contribution in [0.25, 0.3) is 0 Å². The summed E-state index contributed by atoms with van der Waals surface area (Å²) in [6.07, 6.45) is 3.62.